The van der Waals surface area contributed by atoms with Gasteiger partial charge in [-0.3, -0.25) is 4.79 Å². The van der Waals surface area contributed by atoms with Gasteiger partial charge in [0.1, 0.15) is 0 Å². The van der Waals surface area contributed by atoms with Crippen LogP contribution in [0.4, 0.5) is 0 Å². The van der Waals surface area contributed by atoms with E-state index in [-0.39, 0.29) is 11.9 Å². The van der Waals surface area contributed by atoms with Gasteiger partial charge in [-0.05, 0) is 25.2 Å². The predicted molar refractivity (Wildman–Crippen MR) is 69.1 cm³/mol. The van der Waals surface area contributed by atoms with Crippen molar-refractivity contribution in [3.63, 3.8) is 0 Å². The molecule has 0 aromatic rings. The Balaban J connectivity index is 4.29. The zero-order valence-corrected chi connectivity index (χ0v) is 11.5. The average molecular weight is 228 g/mol. The highest BCUT2D eigenvalue weighted by Crippen LogP contribution is 2.09. The van der Waals surface area contributed by atoms with Gasteiger partial charge in [0.05, 0.1) is 6.04 Å². The number of hydrogen-bond acceptors (Lipinski definition) is 2. The Morgan fingerprint density at radius 3 is 2.19 bits per heavy atom. The summed E-state index contributed by atoms with van der Waals surface area (Å²) in [5, 5.41) is 0. The molecule has 0 rings (SSSR count). The molecule has 0 saturated heterocycles. The maximum absolute atomic E-state index is 12.1. The van der Waals surface area contributed by atoms with Crippen LogP contribution >= 0.6 is 0 Å². The molecule has 3 heteroatoms. The van der Waals surface area contributed by atoms with Crippen molar-refractivity contribution in [2.75, 3.05) is 13.1 Å². The summed E-state index contributed by atoms with van der Waals surface area (Å²) in [5.74, 6) is 1.13. The van der Waals surface area contributed by atoms with E-state index < -0.39 is 0 Å². The van der Waals surface area contributed by atoms with Crippen LogP contribution < -0.4 is 5.73 Å². The van der Waals surface area contributed by atoms with Crippen LogP contribution in [0, 0.1) is 11.8 Å². The Bertz CT molecular complexity index is 204. The third-order valence-electron chi connectivity index (χ3n) is 2.96. The van der Waals surface area contributed by atoms with Crippen LogP contribution in [0.25, 0.3) is 0 Å². The molecule has 0 bridgehead atoms. The summed E-state index contributed by atoms with van der Waals surface area (Å²) in [7, 11) is 0. The van der Waals surface area contributed by atoms with Gasteiger partial charge in [0.2, 0.25) is 5.91 Å². The number of likely N-dealkylation sites (N-methyl/N-ethyl adjacent to an activating group) is 1. The molecule has 2 atom stereocenters. The van der Waals surface area contributed by atoms with E-state index >= 15 is 0 Å². The Morgan fingerprint density at radius 1 is 1.25 bits per heavy atom. The first kappa shape index (κ1) is 15.4. The summed E-state index contributed by atoms with van der Waals surface area (Å²) in [6.07, 6.45) is 1.87. The molecule has 0 radical (unpaired) electrons. The fourth-order valence-corrected chi connectivity index (χ4v) is 1.72. The molecule has 0 aromatic carbocycles. The average Bonchev–Trinajstić information content (AvgIpc) is 2.23. The number of nitrogens with zero attached hydrogens (tertiary/aromatic N) is 1. The van der Waals surface area contributed by atoms with Gasteiger partial charge in [0.25, 0.3) is 0 Å². The first-order valence-corrected chi connectivity index (χ1v) is 6.46. The minimum Gasteiger partial charge on any atom is -0.341 e. The molecule has 0 aromatic heterocycles. The quantitative estimate of drug-likeness (QED) is 0.726. The second-order valence-corrected chi connectivity index (χ2v) is 5.13. The molecule has 0 fully saturated rings. The summed E-state index contributed by atoms with van der Waals surface area (Å²) < 4.78 is 0. The highest BCUT2D eigenvalue weighted by atomic mass is 16.2. The van der Waals surface area contributed by atoms with Crippen molar-refractivity contribution < 1.29 is 4.79 Å². The van der Waals surface area contributed by atoms with E-state index in [2.05, 4.69) is 27.7 Å². The lowest BCUT2D eigenvalue weighted by Crippen LogP contribution is -2.45. The summed E-state index contributed by atoms with van der Waals surface area (Å²) in [6, 6.07) is -0.330. The Morgan fingerprint density at radius 2 is 1.81 bits per heavy atom. The molecule has 0 aliphatic carbocycles. The molecule has 0 spiro atoms. The maximum Gasteiger partial charge on any atom is 0.239 e. The van der Waals surface area contributed by atoms with Crippen molar-refractivity contribution >= 4 is 5.91 Å². The highest BCUT2D eigenvalue weighted by Gasteiger charge is 2.21. The molecule has 0 aliphatic heterocycles. The summed E-state index contributed by atoms with van der Waals surface area (Å²) >= 11 is 0. The van der Waals surface area contributed by atoms with Crippen molar-refractivity contribution in [1.82, 2.24) is 4.90 Å². The predicted octanol–water partition coefficient (Wildman–Crippen LogP) is 2.25. The van der Waals surface area contributed by atoms with E-state index in [0.717, 1.165) is 25.9 Å². The fourth-order valence-electron chi connectivity index (χ4n) is 1.72. The molecule has 0 saturated carbocycles. The monoisotopic (exact) mass is 228 g/mol. The van der Waals surface area contributed by atoms with Crippen molar-refractivity contribution in [3.8, 4) is 0 Å². The molecule has 0 heterocycles. The van der Waals surface area contributed by atoms with E-state index in [1.54, 1.807) is 0 Å². The van der Waals surface area contributed by atoms with E-state index in [9.17, 15) is 4.79 Å². The number of rotatable bonds is 7. The molecule has 1 amide bonds. The molecule has 1 unspecified atom stereocenters. The lowest BCUT2D eigenvalue weighted by Gasteiger charge is -2.27. The normalized spacial score (nSPS) is 14.9. The molecule has 16 heavy (non-hydrogen) atoms. The van der Waals surface area contributed by atoms with Crippen LogP contribution in [0.15, 0.2) is 0 Å². The molecule has 2 N–H and O–H groups in total. The highest BCUT2D eigenvalue weighted by molar-refractivity contribution is 5.81. The van der Waals surface area contributed by atoms with Gasteiger partial charge in [0, 0.05) is 13.1 Å². The van der Waals surface area contributed by atoms with Crippen LogP contribution in [0.5, 0.6) is 0 Å². The van der Waals surface area contributed by atoms with Crippen molar-refractivity contribution in [2.24, 2.45) is 17.6 Å². The minimum atomic E-state index is -0.330. The first-order valence-electron chi connectivity index (χ1n) is 6.46. The maximum atomic E-state index is 12.1. The van der Waals surface area contributed by atoms with Gasteiger partial charge in [0.15, 0.2) is 0 Å². The first-order chi connectivity index (χ1) is 7.42. The minimum absolute atomic E-state index is 0.108. The van der Waals surface area contributed by atoms with E-state index in [0.29, 0.717) is 11.8 Å². The zero-order valence-electron chi connectivity index (χ0n) is 11.5. The van der Waals surface area contributed by atoms with Gasteiger partial charge >= 0.3 is 0 Å². The number of carbonyl (C=O) groups excluding carboxylic acids is 1. The summed E-state index contributed by atoms with van der Waals surface area (Å²) in [5.41, 5.74) is 5.92. The molecular formula is C13H28N2O. The zero-order chi connectivity index (χ0) is 12.7. The van der Waals surface area contributed by atoms with Crippen LogP contribution in [0.1, 0.15) is 47.5 Å². The Hall–Kier alpha value is -0.570. The fraction of sp³-hybridized carbons (Fsp3) is 0.923. The van der Waals surface area contributed by atoms with Crippen molar-refractivity contribution in [3.05, 3.63) is 0 Å². The largest absolute Gasteiger partial charge is 0.341 e. The van der Waals surface area contributed by atoms with Gasteiger partial charge in [-0.25, -0.2) is 0 Å². The number of nitrogens with two attached hydrogens (primary N) is 1. The smallest absolute Gasteiger partial charge is 0.239 e. The Kier molecular flexibility index (Phi) is 7.39. The second kappa shape index (κ2) is 7.66. The lowest BCUT2D eigenvalue weighted by molar-refractivity contribution is -0.133. The lowest BCUT2D eigenvalue weighted by atomic mass is 10.0. The number of hydrogen-bond donors (Lipinski definition) is 1. The van der Waals surface area contributed by atoms with Crippen molar-refractivity contribution in [1.29, 1.82) is 0 Å². The molecule has 0 aliphatic rings. The van der Waals surface area contributed by atoms with E-state index in [4.69, 9.17) is 5.73 Å². The van der Waals surface area contributed by atoms with Gasteiger partial charge in [-0.15, -0.1) is 0 Å². The van der Waals surface area contributed by atoms with Crippen LogP contribution in [-0.2, 0) is 4.79 Å². The second-order valence-electron chi connectivity index (χ2n) is 5.13. The van der Waals surface area contributed by atoms with Crippen LogP contribution in [0.2, 0.25) is 0 Å². The third kappa shape index (κ3) is 5.50. The van der Waals surface area contributed by atoms with Gasteiger partial charge in [-0.1, -0.05) is 34.1 Å². The van der Waals surface area contributed by atoms with Crippen LogP contribution in [0.3, 0.4) is 0 Å². The number of carbonyl (C=O) groups is 1. The molecule has 3 nitrogen and oxygen atoms in total. The summed E-state index contributed by atoms with van der Waals surface area (Å²) in [4.78, 5) is 14.0. The van der Waals surface area contributed by atoms with E-state index in [1.165, 1.54) is 0 Å². The van der Waals surface area contributed by atoms with Crippen LogP contribution in [-0.4, -0.2) is 29.9 Å². The van der Waals surface area contributed by atoms with Crippen molar-refractivity contribution in [2.45, 2.75) is 53.5 Å². The molecular weight excluding hydrogens is 200 g/mol. The van der Waals surface area contributed by atoms with E-state index in [1.807, 2.05) is 11.8 Å². The van der Waals surface area contributed by atoms with Gasteiger partial charge < -0.3 is 10.6 Å². The third-order valence-corrected chi connectivity index (χ3v) is 2.96. The molecule has 96 valence electrons. The Labute approximate surface area is 100 Å². The topological polar surface area (TPSA) is 46.3 Å². The standard InChI is InChI=1S/C13H28N2O/c1-6-11(5)9-15(7-2)13(16)12(14)8-10(3)4/h10-12H,6-9,14H2,1-5H3/t11?,12-/m1/s1. The number of amides is 1. The summed E-state index contributed by atoms with van der Waals surface area (Å²) in [6.45, 7) is 12.1. The van der Waals surface area contributed by atoms with Gasteiger partial charge in [-0.2, -0.15) is 0 Å². The SMILES string of the molecule is CCC(C)CN(CC)C(=O)[C@H](N)CC(C)C.